The van der Waals surface area contributed by atoms with Gasteiger partial charge in [0.2, 0.25) is 0 Å². The molecule has 0 N–H and O–H groups in total. The highest BCUT2D eigenvalue weighted by Crippen LogP contribution is 2.57. The summed E-state index contributed by atoms with van der Waals surface area (Å²) in [4.78, 5) is 0. The lowest BCUT2D eigenvalue weighted by Crippen LogP contribution is -2.27. The van der Waals surface area contributed by atoms with E-state index in [0.717, 1.165) is 11.8 Å². The van der Waals surface area contributed by atoms with Gasteiger partial charge >= 0.3 is 0 Å². The third kappa shape index (κ3) is 0.812. The molecule has 0 amide bonds. The molecule has 2 bridgehead atoms. The lowest BCUT2D eigenvalue weighted by molar-refractivity contribution is 0.222. The molecular formula is C9H15Cl. The molecule has 0 spiro atoms. The molecule has 10 heavy (non-hydrogen) atoms. The Morgan fingerprint density at radius 3 is 2.30 bits per heavy atom. The molecule has 3 unspecified atom stereocenters. The lowest BCUT2D eigenvalue weighted by Gasteiger charge is -2.32. The molecule has 58 valence electrons. The van der Waals surface area contributed by atoms with Crippen molar-refractivity contribution in [1.29, 1.82) is 0 Å². The van der Waals surface area contributed by atoms with E-state index >= 15 is 0 Å². The van der Waals surface area contributed by atoms with Crippen molar-refractivity contribution in [1.82, 2.24) is 0 Å². The van der Waals surface area contributed by atoms with Gasteiger partial charge in [0.05, 0.1) is 0 Å². The second-order valence-corrected chi connectivity index (χ2v) is 5.21. The van der Waals surface area contributed by atoms with Crippen LogP contribution in [0.5, 0.6) is 0 Å². The van der Waals surface area contributed by atoms with Crippen LogP contribution in [0.3, 0.4) is 0 Å². The first-order valence-corrected chi connectivity index (χ1v) is 4.67. The molecule has 0 heterocycles. The highest BCUT2D eigenvalue weighted by atomic mass is 35.5. The number of fused-ring (bicyclic) bond motifs is 2. The van der Waals surface area contributed by atoms with Crippen molar-refractivity contribution >= 4 is 11.6 Å². The molecule has 0 saturated heterocycles. The van der Waals surface area contributed by atoms with E-state index in [9.17, 15) is 0 Å². The number of halogens is 1. The van der Waals surface area contributed by atoms with Crippen molar-refractivity contribution < 1.29 is 0 Å². The fourth-order valence-corrected chi connectivity index (χ4v) is 3.65. The summed E-state index contributed by atoms with van der Waals surface area (Å²) in [5.41, 5.74) is 0.551. The predicted octanol–water partition coefficient (Wildman–Crippen LogP) is 3.05. The first kappa shape index (κ1) is 6.97. The number of rotatable bonds is 0. The Morgan fingerprint density at radius 1 is 1.30 bits per heavy atom. The van der Waals surface area contributed by atoms with Crippen LogP contribution in [-0.4, -0.2) is 5.38 Å². The summed E-state index contributed by atoms with van der Waals surface area (Å²) in [6.07, 6.45) is 4.11. The van der Waals surface area contributed by atoms with Gasteiger partial charge in [-0.2, -0.15) is 0 Å². The first-order chi connectivity index (χ1) is 4.59. The molecule has 0 radical (unpaired) electrons. The maximum atomic E-state index is 6.19. The monoisotopic (exact) mass is 158 g/mol. The number of alkyl halides is 1. The van der Waals surface area contributed by atoms with E-state index in [1.165, 1.54) is 19.3 Å². The van der Waals surface area contributed by atoms with E-state index in [-0.39, 0.29) is 0 Å². The van der Waals surface area contributed by atoms with E-state index in [2.05, 4.69) is 13.8 Å². The zero-order valence-electron chi connectivity index (χ0n) is 6.73. The molecule has 0 aromatic heterocycles. The van der Waals surface area contributed by atoms with Crippen LogP contribution in [0, 0.1) is 17.3 Å². The van der Waals surface area contributed by atoms with Crippen molar-refractivity contribution in [2.75, 3.05) is 0 Å². The number of hydrogen-bond donors (Lipinski definition) is 0. The predicted molar refractivity (Wildman–Crippen MR) is 44.3 cm³/mol. The van der Waals surface area contributed by atoms with E-state index in [1.807, 2.05) is 0 Å². The van der Waals surface area contributed by atoms with Gasteiger partial charge in [0, 0.05) is 5.38 Å². The minimum atomic E-state index is 0.494. The van der Waals surface area contributed by atoms with Crippen LogP contribution in [0.4, 0.5) is 0 Å². The van der Waals surface area contributed by atoms with Gasteiger partial charge in [-0.25, -0.2) is 0 Å². The smallest absolute Gasteiger partial charge is 0.0372 e. The molecule has 2 saturated carbocycles. The van der Waals surface area contributed by atoms with Crippen molar-refractivity contribution in [3.8, 4) is 0 Å². The van der Waals surface area contributed by atoms with Gasteiger partial charge in [0.1, 0.15) is 0 Å². The van der Waals surface area contributed by atoms with Gasteiger partial charge in [-0.05, 0) is 36.5 Å². The summed E-state index contributed by atoms with van der Waals surface area (Å²) in [6.45, 7) is 4.73. The molecule has 3 atom stereocenters. The SMILES string of the molecule is CC1(C)CC2CC(Cl)C1C2. The van der Waals surface area contributed by atoms with E-state index in [4.69, 9.17) is 11.6 Å². The molecule has 2 aliphatic rings. The fraction of sp³-hybridized carbons (Fsp3) is 1.00. The zero-order valence-corrected chi connectivity index (χ0v) is 7.49. The minimum Gasteiger partial charge on any atom is -0.123 e. The Hall–Kier alpha value is 0.290. The van der Waals surface area contributed by atoms with Gasteiger partial charge in [0.15, 0.2) is 0 Å². The van der Waals surface area contributed by atoms with Crippen molar-refractivity contribution in [3.63, 3.8) is 0 Å². The van der Waals surface area contributed by atoms with Crippen molar-refractivity contribution in [2.24, 2.45) is 17.3 Å². The fourth-order valence-electron chi connectivity index (χ4n) is 2.96. The maximum absolute atomic E-state index is 6.19. The van der Waals surface area contributed by atoms with Crippen LogP contribution < -0.4 is 0 Å². The molecule has 0 aromatic carbocycles. The summed E-state index contributed by atoms with van der Waals surface area (Å²) in [5.74, 6) is 1.78. The molecule has 0 nitrogen and oxygen atoms in total. The van der Waals surface area contributed by atoms with E-state index in [0.29, 0.717) is 10.8 Å². The minimum absolute atomic E-state index is 0.494. The maximum Gasteiger partial charge on any atom is 0.0372 e. The van der Waals surface area contributed by atoms with Crippen LogP contribution in [0.25, 0.3) is 0 Å². The summed E-state index contributed by atoms with van der Waals surface area (Å²) in [7, 11) is 0. The zero-order chi connectivity index (χ0) is 7.35. The summed E-state index contributed by atoms with van der Waals surface area (Å²) < 4.78 is 0. The quantitative estimate of drug-likeness (QED) is 0.476. The standard InChI is InChI=1S/C9H15Cl/c1-9(2)5-6-3-7(9)8(10)4-6/h6-8H,3-5H2,1-2H3. The topological polar surface area (TPSA) is 0 Å². The number of hydrogen-bond acceptors (Lipinski definition) is 0. The molecular weight excluding hydrogens is 144 g/mol. The third-order valence-electron chi connectivity index (χ3n) is 3.40. The van der Waals surface area contributed by atoms with Crippen LogP contribution >= 0.6 is 11.6 Å². The highest BCUT2D eigenvalue weighted by Gasteiger charge is 2.49. The Balaban J connectivity index is 2.20. The second-order valence-electron chi connectivity index (χ2n) is 4.65. The van der Waals surface area contributed by atoms with E-state index in [1.54, 1.807) is 0 Å². The Bertz CT molecular complexity index is 151. The molecule has 0 aromatic rings. The Morgan fingerprint density at radius 2 is 2.00 bits per heavy atom. The van der Waals surface area contributed by atoms with Crippen LogP contribution in [-0.2, 0) is 0 Å². The van der Waals surface area contributed by atoms with Gasteiger partial charge in [-0.15, -0.1) is 11.6 Å². The average molecular weight is 159 g/mol. The molecule has 2 fully saturated rings. The van der Waals surface area contributed by atoms with Gasteiger partial charge in [-0.3, -0.25) is 0 Å². The third-order valence-corrected chi connectivity index (χ3v) is 3.88. The first-order valence-electron chi connectivity index (χ1n) is 4.24. The van der Waals surface area contributed by atoms with Crippen LogP contribution in [0.15, 0.2) is 0 Å². The second kappa shape index (κ2) is 1.91. The molecule has 0 aliphatic heterocycles. The van der Waals surface area contributed by atoms with Gasteiger partial charge < -0.3 is 0 Å². The lowest BCUT2D eigenvalue weighted by atomic mass is 9.76. The van der Waals surface area contributed by atoms with Crippen molar-refractivity contribution in [2.45, 2.75) is 38.5 Å². The molecule has 1 heteroatoms. The summed E-state index contributed by atoms with van der Waals surface area (Å²) in [6, 6.07) is 0. The van der Waals surface area contributed by atoms with Gasteiger partial charge in [-0.1, -0.05) is 13.8 Å². The van der Waals surface area contributed by atoms with Gasteiger partial charge in [0.25, 0.3) is 0 Å². The Kier molecular flexibility index (Phi) is 1.33. The normalized spacial score (nSPS) is 50.1. The van der Waals surface area contributed by atoms with Crippen molar-refractivity contribution in [3.05, 3.63) is 0 Å². The Labute approximate surface area is 68.0 Å². The molecule has 2 aliphatic carbocycles. The average Bonchev–Trinajstić information content (AvgIpc) is 2.18. The largest absolute Gasteiger partial charge is 0.123 e. The highest BCUT2D eigenvalue weighted by molar-refractivity contribution is 6.21. The summed E-state index contributed by atoms with van der Waals surface area (Å²) >= 11 is 6.19. The van der Waals surface area contributed by atoms with E-state index < -0.39 is 0 Å². The van der Waals surface area contributed by atoms with Crippen LogP contribution in [0.1, 0.15) is 33.1 Å². The summed E-state index contributed by atoms with van der Waals surface area (Å²) in [5, 5.41) is 0.494. The molecule has 2 rings (SSSR count). The van der Waals surface area contributed by atoms with Crippen LogP contribution in [0.2, 0.25) is 0 Å².